The average Bonchev–Trinajstić information content (AvgIpc) is 2.79. The van der Waals surface area contributed by atoms with Gasteiger partial charge in [-0.25, -0.2) is 0 Å². The van der Waals surface area contributed by atoms with Crippen LogP contribution in [0.5, 0.6) is 34.5 Å². The van der Waals surface area contributed by atoms with Crippen molar-refractivity contribution in [2.75, 3.05) is 14.2 Å². The van der Waals surface area contributed by atoms with Crippen LogP contribution in [0.4, 0.5) is 0 Å². The number of fused-ring (bicyclic) bond motifs is 5. The number of hydrogen-bond acceptors (Lipinski definition) is 7. The van der Waals surface area contributed by atoms with Crippen LogP contribution in [0.3, 0.4) is 0 Å². The molecule has 0 bridgehead atoms. The van der Waals surface area contributed by atoms with E-state index in [4.69, 9.17) is 14.2 Å². The first kappa shape index (κ1) is 20.3. The molecule has 1 aliphatic carbocycles. The second-order valence-electron chi connectivity index (χ2n) is 8.15. The molecule has 166 valence electrons. The maximum atomic E-state index is 11.0. The van der Waals surface area contributed by atoms with E-state index in [0.29, 0.717) is 24.2 Å². The summed E-state index contributed by atoms with van der Waals surface area (Å²) in [4.78, 5) is 0. The molecule has 3 aromatic carbocycles. The van der Waals surface area contributed by atoms with Crippen molar-refractivity contribution in [3.05, 3.63) is 58.7 Å². The average molecular weight is 436 g/mol. The van der Waals surface area contributed by atoms with Crippen LogP contribution in [0.25, 0.3) is 11.1 Å². The number of benzene rings is 3. The fourth-order valence-corrected chi connectivity index (χ4v) is 4.83. The number of methoxy groups -OCH3 is 2. The second kappa shape index (κ2) is 7.53. The minimum atomic E-state index is -0.851. The predicted octanol–water partition coefficient (Wildman–Crippen LogP) is 3.62. The zero-order valence-corrected chi connectivity index (χ0v) is 17.8. The van der Waals surface area contributed by atoms with Gasteiger partial charge in [0.15, 0.2) is 17.6 Å². The lowest BCUT2D eigenvalue weighted by Gasteiger charge is -2.34. The molecule has 1 aliphatic heterocycles. The SMILES string of the molecule is COc1cc(C2Oc3cc(O)c4c(c3CC2O)CCc2cc(O)ccc2-4)cc(OC)c1O. The molecule has 4 N–H and O–H groups in total. The predicted molar refractivity (Wildman–Crippen MR) is 117 cm³/mol. The van der Waals surface area contributed by atoms with Gasteiger partial charge in [0, 0.05) is 29.2 Å². The third-order valence-corrected chi connectivity index (χ3v) is 6.34. The van der Waals surface area contributed by atoms with E-state index in [1.807, 2.05) is 6.07 Å². The molecular weight excluding hydrogens is 412 g/mol. The van der Waals surface area contributed by atoms with Crippen LogP contribution in [0.2, 0.25) is 0 Å². The van der Waals surface area contributed by atoms with E-state index < -0.39 is 12.2 Å². The summed E-state index contributed by atoms with van der Waals surface area (Å²) in [5.41, 5.74) is 5.01. The fraction of sp³-hybridized carbons (Fsp3) is 0.280. The van der Waals surface area contributed by atoms with Crippen LogP contribution in [-0.2, 0) is 19.3 Å². The highest BCUT2D eigenvalue weighted by atomic mass is 16.5. The standard InChI is InChI=1S/C25H24O7/c1-30-21-8-13(9-22(31-2)24(21)29)25-19(28)10-17-16-5-3-12-7-14(26)4-6-15(12)23(16)18(27)11-20(17)32-25/h4,6-9,11,19,25-29H,3,5,10H2,1-2H3. The summed E-state index contributed by atoms with van der Waals surface area (Å²) in [6.07, 6.45) is 0.164. The Morgan fingerprint density at radius 1 is 0.906 bits per heavy atom. The molecule has 0 saturated carbocycles. The third kappa shape index (κ3) is 3.08. The van der Waals surface area contributed by atoms with Gasteiger partial charge in [-0.2, -0.15) is 0 Å². The Bertz CT molecular complexity index is 1190. The zero-order valence-electron chi connectivity index (χ0n) is 17.8. The number of aliphatic hydroxyl groups is 1. The summed E-state index contributed by atoms with van der Waals surface area (Å²) in [5, 5.41) is 41.9. The number of hydrogen-bond donors (Lipinski definition) is 4. The molecule has 2 unspecified atom stereocenters. The van der Waals surface area contributed by atoms with E-state index in [9.17, 15) is 20.4 Å². The van der Waals surface area contributed by atoms with Crippen LogP contribution >= 0.6 is 0 Å². The van der Waals surface area contributed by atoms with Gasteiger partial charge in [-0.3, -0.25) is 0 Å². The normalized spacial score (nSPS) is 18.7. The van der Waals surface area contributed by atoms with Crippen LogP contribution < -0.4 is 14.2 Å². The number of phenolic OH excluding ortho intramolecular Hbond substituents is 3. The van der Waals surface area contributed by atoms with Gasteiger partial charge < -0.3 is 34.6 Å². The Hall–Kier alpha value is -3.58. The van der Waals surface area contributed by atoms with Gasteiger partial charge in [0.1, 0.15) is 17.2 Å². The molecule has 5 rings (SSSR count). The van der Waals surface area contributed by atoms with E-state index in [2.05, 4.69) is 0 Å². The lowest BCUT2D eigenvalue weighted by molar-refractivity contribution is 0.0201. The topological polar surface area (TPSA) is 109 Å². The van der Waals surface area contributed by atoms with Crippen LogP contribution in [0.15, 0.2) is 36.4 Å². The minimum absolute atomic E-state index is 0.0985. The number of phenols is 3. The van der Waals surface area contributed by atoms with Crippen molar-refractivity contribution in [2.24, 2.45) is 0 Å². The Labute approximate surface area is 185 Å². The molecular formula is C25H24O7. The first-order valence-corrected chi connectivity index (χ1v) is 10.4. The summed E-state index contributed by atoms with van der Waals surface area (Å²) in [7, 11) is 2.88. The molecule has 7 nitrogen and oxygen atoms in total. The first-order chi connectivity index (χ1) is 15.4. The molecule has 1 heterocycles. The Kier molecular flexibility index (Phi) is 4.78. The Morgan fingerprint density at radius 3 is 2.31 bits per heavy atom. The minimum Gasteiger partial charge on any atom is -0.508 e. The largest absolute Gasteiger partial charge is 0.508 e. The molecule has 0 fully saturated rings. The molecule has 7 heteroatoms. The number of aliphatic hydroxyl groups excluding tert-OH is 1. The van der Waals surface area contributed by atoms with Gasteiger partial charge in [-0.1, -0.05) is 6.07 Å². The van der Waals surface area contributed by atoms with Crippen LogP contribution in [0.1, 0.15) is 28.4 Å². The lowest BCUT2D eigenvalue weighted by atomic mass is 9.80. The van der Waals surface area contributed by atoms with Crippen molar-refractivity contribution in [3.8, 4) is 45.6 Å². The zero-order chi connectivity index (χ0) is 22.6. The van der Waals surface area contributed by atoms with E-state index in [-0.39, 0.29) is 28.7 Å². The Morgan fingerprint density at radius 2 is 1.62 bits per heavy atom. The summed E-state index contributed by atoms with van der Waals surface area (Å²) in [5.74, 6) is 1.13. The van der Waals surface area contributed by atoms with E-state index >= 15 is 0 Å². The fourth-order valence-electron chi connectivity index (χ4n) is 4.83. The lowest BCUT2D eigenvalue weighted by Crippen LogP contribution is -2.31. The molecule has 0 radical (unpaired) electrons. The third-order valence-electron chi connectivity index (χ3n) is 6.34. The molecule has 0 amide bonds. The smallest absolute Gasteiger partial charge is 0.200 e. The van der Waals surface area contributed by atoms with Gasteiger partial charge in [0.2, 0.25) is 5.75 Å². The maximum Gasteiger partial charge on any atom is 0.200 e. The van der Waals surface area contributed by atoms with Crippen molar-refractivity contribution in [3.63, 3.8) is 0 Å². The Balaban J connectivity index is 1.58. The van der Waals surface area contributed by atoms with E-state index in [1.54, 1.807) is 30.3 Å². The quantitative estimate of drug-likeness (QED) is 0.497. The monoisotopic (exact) mass is 436 g/mol. The van der Waals surface area contributed by atoms with Gasteiger partial charge in [-0.15, -0.1) is 0 Å². The van der Waals surface area contributed by atoms with Crippen molar-refractivity contribution in [1.82, 2.24) is 0 Å². The van der Waals surface area contributed by atoms with Gasteiger partial charge >= 0.3 is 0 Å². The molecule has 2 aliphatic rings. The molecule has 0 aromatic heterocycles. The summed E-state index contributed by atoms with van der Waals surface area (Å²) in [6.45, 7) is 0. The number of aromatic hydroxyl groups is 3. The van der Waals surface area contributed by atoms with E-state index in [0.717, 1.165) is 34.2 Å². The van der Waals surface area contributed by atoms with Crippen LogP contribution in [0, 0.1) is 0 Å². The molecule has 0 saturated heterocycles. The second-order valence-corrected chi connectivity index (χ2v) is 8.15. The number of rotatable bonds is 3. The van der Waals surface area contributed by atoms with E-state index in [1.165, 1.54) is 14.2 Å². The molecule has 0 spiro atoms. The van der Waals surface area contributed by atoms with Gasteiger partial charge in [0.25, 0.3) is 0 Å². The number of ether oxygens (including phenoxy) is 3. The maximum absolute atomic E-state index is 11.0. The molecule has 3 aromatic rings. The highest BCUT2D eigenvalue weighted by molar-refractivity contribution is 5.81. The van der Waals surface area contributed by atoms with Crippen molar-refractivity contribution in [1.29, 1.82) is 0 Å². The number of aryl methyl sites for hydroxylation is 1. The van der Waals surface area contributed by atoms with Crippen molar-refractivity contribution < 1.29 is 34.6 Å². The van der Waals surface area contributed by atoms with Gasteiger partial charge in [-0.05, 0) is 53.8 Å². The highest BCUT2D eigenvalue weighted by Gasteiger charge is 2.35. The van der Waals surface area contributed by atoms with Crippen molar-refractivity contribution >= 4 is 0 Å². The summed E-state index contributed by atoms with van der Waals surface area (Å²) < 4.78 is 16.6. The molecule has 2 atom stereocenters. The van der Waals surface area contributed by atoms with Crippen molar-refractivity contribution in [2.45, 2.75) is 31.5 Å². The summed E-state index contributed by atoms with van der Waals surface area (Å²) >= 11 is 0. The first-order valence-electron chi connectivity index (χ1n) is 10.4. The molecule has 32 heavy (non-hydrogen) atoms. The van der Waals surface area contributed by atoms with Gasteiger partial charge in [0.05, 0.1) is 20.3 Å². The van der Waals surface area contributed by atoms with Crippen LogP contribution in [-0.4, -0.2) is 40.7 Å². The summed E-state index contributed by atoms with van der Waals surface area (Å²) in [6, 6.07) is 9.95. The highest BCUT2D eigenvalue weighted by Crippen LogP contribution is 2.49.